The number of benzene rings is 2. The Labute approximate surface area is 190 Å². The first-order valence-electron chi connectivity index (χ1n) is 10.1. The van der Waals surface area contributed by atoms with Crippen molar-refractivity contribution < 1.29 is 14.4 Å². The molecule has 1 aliphatic rings. The number of fused-ring (bicyclic) bond motifs is 1. The Hall–Kier alpha value is -3.65. The van der Waals surface area contributed by atoms with Crippen LogP contribution in [0, 0.1) is 13.8 Å². The van der Waals surface area contributed by atoms with Crippen molar-refractivity contribution in [1.82, 2.24) is 15.6 Å². The molecule has 0 radical (unpaired) electrons. The van der Waals surface area contributed by atoms with Gasteiger partial charge in [-0.15, -0.1) is 0 Å². The first-order chi connectivity index (χ1) is 15.3. The summed E-state index contributed by atoms with van der Waals surface area (Å²) >= 11 is 6.10. The summed E-state index contributed by atoms with van der Waals surface area (Å²) in [5.41, 5.74) is 4.56. The summed E-state index contributed by atoms with van der Waals surface area (Å²) in [7, 11) is 0. The normalized spacial score (nSPS) is 13.8. The summed E-state index contributed by atoms with van der Waals surface area (Å²) < 4.78 is 0. The molecule has 9 heteroatoms. The summed E-state index contributed by atoms with van der Waals surface area (Å²) in [6, 6.07) is 12.1. The molecule has 5 amide bonds. The fraction of sp³-hybridized carbons (Fsp3) is 0.217. The zero-order valence-corrected chi connectivity index (χ0v) is 18.4. The molecule has 32 heavy (non-hydrogen) atoms. The minimum Gasteiger partial charge on any atom is -0.334 e. The van der Waals surface area contributed by atoms with Gasteiger partial charge in [0.2, 0.25) is 5.91 Å². The van der Waals surface area contributed by atoms with E-state index in [0.29, 0.717) is 35.2 Å². The second kappa shape index (κ2) is 8.84. The number of halogens is 1. The number of urea groups is 2. The molecule has 0 bridgehead atoms. The zero-order valence-electron chi connectivity index (χ0n) is 17.7. The minimum atomic E-state index is -0.448. The third-order valence-electron chi connectivity index (χ3n) is 5.27. The number of nitrogens with one attached hydrogen (secondary N) is 3. The molecule has 0 spiro atoms. The van der Waals surface area contributed by atoms with Crippen molar-refractivity contribution in [2.45, 2.75) is 26.8 Å². The number of anilines is 2. The highest BCUT2D eigenvalue weighted by Gasteiger charge is 2.26. The molecule has 1 fully saturated rings. The average molecular weight is 452 g/mol. The smallest absolute Gasteiger partial charge is 0.328 e. The Morgan fingerprint density at radius 3 is 2.72 bits per heavy atom. The number of hydrogen-bond donors (Lipinski definition) is 3. The van der Waals surface area contributed by atoms with Gasteiger partial charge in [-0.1, -0.05) is 23.7 Å². The van der Waals surface area contributed by atoms with Crippen LogP contribution in [0.15, 0.2) is 42.5 Å². The maximum absolute atomic E-state index is 12.3. The summed E-state index contributed by atoms with van der Waals surface area (Å²) in [6.07, 6.45) is 0.245. The maximum atomic E-state index is 12.3. The number of aryl methyl sites for hydroxylation is 2. The molecular formula is C23H22ClN5O3. The Bertz CT molecular complexity index is 1240. The maximum Gasteiger partial charge on any atom is 0.328 e. The number of nitrogens with zero attached hydrogens (tertiary/aromatic N) is 2. The average Bonchev–Trinajstić information content (AvgIpc) is 2.75. The number of carbonyl (C=O) groups is 3. The third kappa shape index (κ3) is 4.65. The molecule has 8 nitrogen and oxygen atoms in total. The van der Waals surface area contributed by atoms with E-state index in [1.54, 1.807) is 12.1 Å². The monoisotopic (exact) mass is 451 g/mol. The van der Waals surface area contributed by atoms with Crippen LogP contribution in [0.5, 0.6) is 0 Å². The van der Waals surface area contributed by atoms with E-state index in [9.17, 15) is 14.4 Å². The van der Waals surface area contributed by atoms with Gasteiger partial charge >= 0.3 is 12.1 Å². The van der Waals surface area contributed by atoms with Crippen LogP contribution in [0.2, 0.25) is 5.02 Å². The Morgan fingerprint density at radius 1 is 1.16 bits per heavy atom. The van der Waals surface area contributed by atoms with Crippen molar-refractivity contribution in [3.8, 4) is 0 Å². The van der Waals surface area contributed by atoms with Crippen LogP contribution in [0.1, 0.15) is 23.2 Å². The Morgan fingerprint density at radius 2 is 1.97 bits per heavy atom. The van der Waals surface area contributed by atoms with Crippen LogP contribution in [-0.4, -0.2) is 29.5 Å². The molecule has 0 atom stereocenters. The third-order valence-corrected chi connectivity index (χ3v) is 5.68. The minimum absolute atomic E-state index is 0.245. The zero-order chi connectivity index (χ0) is 22.8. The number of hydrogen-bond acceptors (Lipinski definition) is 4. The largest absolute Gasteiger partial charge is 0.334 e. The Kier molecular flexibility index (Phi) is 5.96. The molecule has 0 saturated carbocycles. The summed E-state index contributed by atoms with van der Waals surface area (Å²) in [5, 5.41) is 9.33. The van der Waals surface area contributed by atoms with Gasteiger partial charge in [0.1, 0.15) is 0 Å². The topological polar surface area (TPSA) is 103 Å². The van der Waals surface area contributed by atoms with Crippen LogP contribution in [0.4, 0.5) is 21.0 Å². The molecule has 1 saturated heterocycles. The lowest BCUT2D eigenvalue weighted by Gasteiger charge is -2.27. The van der Waals surface area contributed by atoms with E-state index in [1.807, 2.05) is 44.2 Å². The lowest BCUT2D eigenvalue weighted by atomic mass is 10.1. The van der Waals surface area contributed by atoms with E-state index in [2.05, 4.69) is 20.9 Å². The van der Waals surface area contributed by atoms with Crippen molar-refractivity contribution in [3.63, 3.8) is 0 Å². The molecule has 164 valence electrons. The fourth-order valence-corrected chi connectivity index (χ4v) is 3.70. The van der Waals surface area contributed by atoms with E-state index in [4.69, 9.17) is 11.6 Å². The second-order valence-corrected chi connectivity index (χ2v) is 8.05. The van der Waals surface area contributed by atoms with Crippen LogP contribution < -0.4 is 20.9 Å². The van der Waals surface area contributed by atoms with Crippen molar-refractivity contribution in [1.29, 1.82) is 0 Å². The highest BCUT2D eigenvalue weighted by Crippen LogP contribution is 2.26. The number of aromatic nitrogens is 1. The highest BCUT2D eigenvalue weighted by molar-refractivity contribution is 6.31. The molecule has 2 heterocycles. The first kappa shape index (κ1) is 21.6. The predicted octanol–water partition coefficient (Wildman–Crippen LogP) is 4.27. The number of rotatable bonds is 4. The lowest BCUT2D eigenvalue weighted by Crippen LogP contribution is -2.49. The van der Waals surface area contributed by atoms with Crippen LogP contribution in [0.25, 0.3) is 10.9 Å². The number of pyridine rings is 1. The summed E-state index contributed by atoms with van der Waals surface area (Å²) in [5.74, 6) is -0.280. The predicted molar refractivity (Wildman–Crippen MR) is 124 cm³/mol. The van der Waals surface area contributed by atoms with Gasteiger partial charge in [-0.3, -0.25) is 20.0 Å². The number of amides is 5. The first-order valence-corrected chi connectivity index (χ1v) is 10.5. The fourth-order valence-electron chi connectivity index (χ4n) is 3.52. The summed E-state index contributed by atoms with van der Waals surface area (Å²) in [6.45, 7) is 4.34. The molecule has 2 aromatic carbocycles. The van der Waals surface area contributed by atoms with Gasteiger partial charge in [-0.05, 0) is 55.3 Å². The Balaban J connectivity index is 1.48. The van der Waals surface area contributed by atoms with Crippen molar-refractivity contribution in [2.24, 2.45) is 0 Å². The van der Waals surface area contributed by atoms with Gasteiger partial charge in [-0.25, -0.2) is 9.59 Å². The van der Waals surface area contributed by atoms with Gasteiger partial charge in [0, 0.05) is 35.6 Å². The van der Waals surface area contributed by atoms with E-state index in [-0.39, 0.29) is 18.4 Å². The number of imide groups is 1. The molecular weight excluding hydrogens is 430 g/mol. The molecule has 3 N–H and O–H groups in total. The quantitative estimate of drug-likeness (QED) is 0.551. The summed E-state index contributed by atoms with van der Waals surface area (Å²) in [4.78, 5) is 42.0. The SMILES string of the molecule is Cc1ccc(NC(=O)NCc2ccc3nc(C)c(N4CCC(=O)NC4=O)cc3c2)cc1Cl. The van der Waals surface area contributed by atoms with Gasteiger partial charge in [-0.2, -0.15) is 0 Å². The molecule has 4 rings (SSSR count). The molecule has 1 aliphatic heterocycles. The highest BCUT2D eigenvalue weighted by atomic mass is 35.5. The van der Waals surface area contributed by atoms with Crippen molar-refractivity contribution >= 4 is 51.8 Å². The second-order valence-electron chi connectivity index (χ2n) is 7.65. The van der Waals surface area contributed by atoms with E-state index < -0.39 is 6.03 Å². The van der Waals surface area contributed by atoms with Crippen LogP contribution in [-0.2, 0) is 11.3 Å². The molecule has 0 aliphatic carbocycles. The van der Waals surface area contributed by atoms with Crippen LogP contribution in [0.3, 0.4) is 0 Å². The standard InChI is InChI=1S/C23H22ClN5O3/c1-13-3-5-17(11-18(13)24)27-22(31)25-12-15-4-6-19-16(9-15)10-20(14(2)26-19)29-8-7-21(30)28-23(29)32/h3-6,9-11H,7-8,12H2,1-2H3,(H2,25,27,31)(H,28,30,32). The van der Waals surface area contributed by atoms with Gasteiger partial charge in [0.05, 0.1) is 16.9 Å². The molecule has 0 unspecified atom stereocenters. The van der Waals surface area contributed by atoms with E-state index in [1.165, 1.54) is 4.90 Å². The number of carbonyl (C=O) groups excluding carboxylic acids is 3. The van der Waals surface area contributed by atoms with Crippen molar-refractivity contribution in [3.05, 3.63) is 64.3 Å². The molecule has 3 aromatic rings. The van der Waals surface area contributed by atoms with Gasteiger partial charge < -0.3 is 10.6 Å². The van der Waals surface area contributed by atoms with Gasteiger partial charge in [0.25, 0.3) is 0 Å². The van der Waals surface area contributed by atoms with E-state index in [0.717, 1.165) is 22.0 Å². The van der Waals surface area contributed by atoms with Crippen LogP contribution >= 0.6 is 11.6 Å². The van der Waals surface area contributed by atoms with Crippen molar-refractivity contribution in [2.75, 3.05) is 16.8 Å². The van der Waals surface area contributed by atoms with E-state index >= 15 is 0 Å². The van der Waals surface area contributed by atoms with Gasteiger partial charge in [0.15, 0.2) is 0 Å². The molecule has 1 aromatic heterocycles. The lowest BCUT2D eigenvalue weighted by molar-refractivity contribution is -0.120.